The third-order valence-corrected chi connectivity index (χ3v) is 10.1. The van der Waals surface area contributed by atoms with E-state index in [1.54, 1.807) is 48.8 Å². The maximum Gasteiger partial charge on any atom is 0.269 e. The molecule has 0 N–H and O–H groups in total. The zero-order valence-electron chi connectivity index (χ0n) is 25.9. The van der Waals surface area contributed by atoms with Gasteiger partial charge in [-0.3, -0.25) is 14.8 Å². The van der Waals surface area contributed by atoms with Crippen LogP contribution in [0.4, 0.5) is 0 Å². The molecule has 0 atom stereocenters. The Morgan fingerprint density at radius 1 is 0.646 bits per heavy atom. The van der Waals surface area contributed by atoms with Gasteiger partial charge >= 0.3 is 0 Å². The van der Waals surface area contributed by atoms with Gasteiger partial charge in [0, 0.05) is 49.3 Å². The number of carbonyl (C=O) groups excluding carboxylic acids is 1. The van der Waals surface area contributed by atoms with Crippen LogP contribution in [0.5, 0.6) is 0 Å². The van der Waals surface area contributed by atoms with Crippen molar-refractivity contribution in [3.63, 3.8) is 0 Å². The minimum atomic E-state index is -3.81. The molecule has 4 heterocycles. The SMILES string of the molecule is CN(C)Cc1cc(-c2ccccc2)n(S(=O)(=O)c2cccnc2)c1.Cl.Cl.O=Cc1cc(-c2ccccc2)n(S(=O)(=O)c2cccnc2)c1. The minimum Gasteiger partial charge on any atom is -0.305 e. The summed E-state index contributed by atoms with van der Waals surface area (Å²) in [6.45, 7) is 0.662. The van der Waals surface area contributed by atoms with E-state index in [4.69, 9.17) is 0 Å². The minimum absolute atomic E-state index is 0. The van der Waals surface area contributed by atoms with E-state index in [0.29, 0.717) is 35.3 Å². The summed E-state index contributed by atoms with van der Waals surface area (Å²) in [5, 5.41) is 0. The van der Waals surface area contributed by atoms with Gasteiger partial charge in [0.25, 0.3) is 20.0 Å². The fourth-order valence-corrected chi connectivity index (χ4v) is 7.45. The van der Waals surface area contributed by atoms with Gasteiger partial charge in [-0.1, -0.05) is 60.7 Å². The van der Waals surface area contributed by atoms with Crippen LogP contribution >= 0.6 is 24.8 Å². The molecule has 0 bridgehead atoms. The third kappa shape index (κ3) is 8.46. The van der Waals surface area contributed by atoms with E-state index in [-0.39, 0.29) is 34.6 Å². The number of hydrogen-bond donors (Lipinski definition) is 0. The monoisotopic (exact) mass is 725 g/mol. The number of nitrogens with zero attached hydrogens (tertiary/aromatic N) is 5. The maximum absolute atomic E-state index is 13.0. The van der Waals surface area contributed by atoms with Crippen LogP contribution in [0.15, 0.2) is 144 Å². The lowest BCUT2D eigenvalue weighted by atomic mass is 10.1. The van der Waals surface area contributed by atoms with Crippen molar-refractivity contribution in [2.75, 3.05) is 14.1 Å². The van der Waals surface area contributed by atoms with Gasteiger partial charge in [-0.25, -0.2) is 24.8 Å². The Bertz CT molecular complexity index is 2140. The van der Waals surface area contributed by atoms with Gasteiger partial charge in [0.05, 0.1) is 11.4 Å². The number of aldehydes is 1. The van der Waals surface area contributed by atoms with Crippen molar-refractivity contribution in [2.24, 2.45) is 0 Å². The van der Waals surface area contributed by atoms with Gasteiger partial charge < -0.3 is 4.90 Å². The summed E-state index contributed by atoms with van der Waals surface area (Å²) in [6, 6.07) is 28.2. The normalized spacial score (nSPS) is 11.1. The molecular weight excluding hydrogens is 693 g/mol. The molecule has 0 spiro atoms. The molecule has 0 saturated carbocycles. The molecule has 0 saturated heterocycles. The summed E-state index contributed by atoms with van der Waals surface area (Å²) in [6.07, 6.45) is 9.35. The van der Waals surface area contributed by atoms with Crippen molar-refractivity contribution in [1.29, 1.82) is 0 Å². The molecule has 2 aromatic carbocycles. The van der Waals surface area contributed by atoms with Crippen LogP contribution in [0.2, 0.25) is 0 Å². The number of benzene rings is 2. The van der Waals surface area contributed by atoms with E-state index < -0.39 is 20.0 Å². The summed E-state index contributed by atoms with van der Waals surface area (Å²) in [5.74, 6) is 0. The van der Waals surface area contributed by atoms with Crippen LogP contribution < -0.4 is 0 Å². The highest BCUT2D eigenvalue weighted by Gasteiger charge is 2.23. The summed E-state index contributed by atoms with van der Waals surface area (Å²) in [7, 11) is -3.60. The van der Waals surface area contributed by atoms with Crippen molar-refractivity contribution in [1.82, 2.24) is 22.8 Å². The predicted molar refractivity (Wildman–Crippen MR) is 191 cm³/mol. The first-order valence-corrected chi connectivity index (χ1v) is 16.9. The molecule has 250 valence electrons. The van der Waals surface area contributed by atoms with Gasteiger partial charge in [0.2, 0.25) is 0 Å². The van der Waals surface area contributed by atoms with Crippen LogP contribution in [0.25, 0.3) is 22.5 Å². The molecule has 0 amide bonds. The van der Waals surface area contributed by atoms with Crippen LogP contribution in [0, 0.1) is 0 Å². The van der Waals surface area contributed by atoms with E-state index in [9.17, 15) is 21.6 Å². The van der Waals surface area contributed by atoms with Gasteiger partial charge in [-0.15, -0.1) is 24.8 Å². The second-order valence-electron chi connectivity index (χ2n) is 10.5. The maximum atomic E-state index is 13.0. The van der Waals surface area contributed by atoms with E-state index in [0.717, 1.165) is 15.1 Å². The van der Waals surface area contributed by atoms with Crippen molar-refractivity contribution < 1.29 is 21.6 Å². The lowest BCUT2D eigenvalue weighted by molar-refractivity contribution is 0.112. The number of rotatable bonds is 9. The van der Waals surface area contributed by atoms with Crippen molar-refractivity contribution in [2.45, 2.75) is 16.3 Å². The first kappa shape index (κ1) is 37.9. The Morgan fingerprint density at radius 2 is 1.10 bits per heavy atom. The number of carbonyl (C=O) groups is 1. The van der Waals surface area contributed by atoms with Gasteiger partial charge in [0.15, 0.2) is 6.29 Å². The Morgan fingerprint density at radius 3 is 1.52 bits per heavy atom. The largest absolute Gasteiger partial charge is 0.305 e. The van der Waals surface area contributed by atoms with Gasteiger partial charge in [0.1, 0.15) is 9.79 Å². The van der Waals surface area contributed by atoms with Crippen LogP contribution in [0.1, 0.15) is 15.9 Å². The van der Waals surface area contributed by atoms with Crippen molar-refractivity contribution in [3.05, 3.63) is 145 Å². The molecule has 6 aromatic rings. The average molecular weight is 727 g/mol. The molecule has 0 radical (unpaired) electrons. The first-order valence-electron chi connectivity index (χ1n) is 14.1. The lowest BCUT2D eigenvalue weighted by Crippen LogP contribution is -2.14. The second-order valence-corrected chi connectivity index (χ2v) is 14.1. The standard InChI is InChI=1S/C18H19N3O2S.C16H12N2O3S.2ClH/c1-20(2)13-15-11-18(16-7-4-3-5-8-16)21(14-15)24(22,23)17-9-6-10-19-12-17;19-12-13-9-16(14-5-2-1-3-6-14)18(11-13)22(20,21)15-7-4-8-17-10-15;;/h3-12,14H,13H2,1-2H3;1-12H;2*1H. The van der Waals surface area contributed by atoms with Crippen molar-refractivity contribution in [3.8, 4) is 22.5 Å². The Hall–Kier alpha value is -4.59. The van der Waals surface area contributed by atoms with Crippen molar-refractivity contribution >= 4 is 51.1 Å². The molecule has 0 unspecified atom stereocenters. The molecular formula is C34H33Cl2N5O5S2. The van der Waals surface area contributed by atoms with E-state index >= 15 is 0 Å². The topological polar surface area (TPSA) is 124 Å². The zero-order valence-corrected chi connectivity index (χ0v) is 29.2. The zero-order chi connectivity index (χ0) is 32.7. The van der Waals surface area contributed by atoms with Crippen LogP contribution in [0.3, 0.4) is 0 Å². The predicted octanol–water partition coefficient (Wildman–Crippen LogP) is 6.29. The van der Waals surface area contributed by atoms with E-state index in [1.807, 2.05) is 73.6 Å². The highest BCUT2D eigenvalue weighted by Crippen LogP contribution is 2.28. The third-order valence-electron chi connectivity index (χ3n) is 6.81. The smallest absolute Gasteiger partial charge is 0.269 e. The summed E-state index contributed by atoms with van der Waals surface area (Å²) in [5.41, 5.74) is 3.89. The summed E-state index contributed by atoms with van der Waals surface area (Å²) in [4.78, 5) is 21.1. The summed E-state index contributed by atoms with van der Waals surface area (Å²) >= 11 is 0. The first-order chi connectivity index (χ1) is 22.1. The van der Waals surface area contributed by atoms with E-state index in [1.165, 1.54) is 34.8 Å². The molecule has 0 aliphatic heterocycles. The number of hydrogen-bond acceptors (Lipinski definition) is 8. The molecule has 6 rings (SSSR count). The Labute approximate surface area is 292 Å². The summed E-state index contributed by atoms with van der Waals surface area (Å²) < 4.78 is 54.1. The molecule has 10 nitrogen and oxygen atoms in total. The molecule has 4 aromatic heterocycles. The molecule has 0 aliphatic rings. The molecule has 0 aliphatic carbocycles. The Balaban J connectivity index is 0.000000251. The van der Waals surface area contributed by atoms with Crippen LogP contribution in [-0.4, -0.2) is 60.0 Å². The second kappa shape index (κ2) is 16.5. The highest BCUT2D eigenvalue weighted by atomic mass is 35.5. The molecule has 0 fully saturated rings. The lowest BCUT2D eigenvalue weighted by Gasteiger charge is -2.10. The van der Waals surface area contributed by atoms with E-state index in [2.05, 4.69) is 9.97 Å². The highest BCUT2D eigenvalue weighted by molar-refractivity contribution is 7.90. The fraction of sp³-hybridized carbons (Fsp3) is 0.0882. The molecule has 48 heavy (non-hydrogen) atoms. The number of halogens is 2. The number of aromatic nitrogens is 4. The van der Waals surface area contributed by atoms with Gasteiger partial charge in [-0.2, -0.15) is 0 Å². The number of pyridine rings is 2. The fourth-order valence-electron chi connectivity index (χ4n) is 4.74. The Kier molecular flexibility index (Phi) is 13.0. The quantitative estimate of drug-likeness (QED) is 0.159. The van der Waals surface area contributed by atoms with Crippen LogP contribution in [-0.2, 0) is 26.6 Å². The van der Waals surface area contributed by atoms with Gasteiger partial charge in [-0.05, 0) is 67.2 Å². The molecule has 14 heteroatoms. The average Bonchev–Trinajstić information content (AvgIpc) is 3.72.